The summed E-state index contributed by atoms with van der Waals surface area (Å²) in [6.45, 7) is 0. The van der Waals surface area contributed by atoms with Gasteiger partial charge in [0.15, 0.2) is 5.75 Å². The number of hydrogen-bond acceptors (Lipinski definition) is 3. The molecule has 8 heteroatoms. The van der Waals surface area contributed by atoms with Gasteiger partial charge in [0, 0.05) is 0 Å². The molecule has 0 amide bonds. The molecule has 0 saturated heterocycles. The topological polar surface area (TPSA) is 50.1 Å². The molecule has 1 aromatic carbocycles. The number of nitrogens with zero attached hydrogens (tertiary/aromatic N) is 1. The normalized spacial score (nSPS) is 10.8. The van der Waals surface area contributed by atoms with Crippen molar-refractivity contribution < 1.29 is 9.53 Å². The Labute approximate surface area is 122 Å². The maximum absolute atomic E-state index is 11.3. The lowest BCUT2D eigenvalue weighted by Gasteiger charge is -2.12. The summed E-state index contributed by atoms with van der Waals surface area (Å²) in [6.07, 6.45) is 0. The lowest BCUT2D eigenvalue weighted by atomic mass is 10.2. The van der Waals surface area contributed by atoms with E-state index < -0.39 is 9.76 Å². The maximum Gasteiger partial charge on any atom is 0.364 e. The van der Waals surface area contributed by atoms with Crippen LogP contribution in [0.25, 0.3) is 0 Å². The van der Waals surface area contributed by atoms with Crippen molar-refractivity contribution in [1.29, 1.82) is 5.26 Å². The van der Waals surface area contributed by atoms with E-state index in [1.807, 2.05) is 6.07 Å². The van der Waals surface area contributed by atoms with E-state index in [1.54, 1.807) is 0 Å². The summed E-state index contributed by atoms with van der Waals surface area (Å²) in [5.74, 6) is -1.31. The van der Waals surface area contributed by atoms with Crippen LogP contribution >= 0.6 is 58.0 Å². The number of benzene rings is 1. The lowest BCUT2D eigenvalue weighted by Crippen LogP contribution is -2.25. The first kappa shape index (κ1) is 14.7. The van der Waals surface area contributed by atoms with Gasteiger partial charge in [-0.3, -0.25) is 0 Å². The van der Waals surface area contributed by atoms with Crippen molar-refractivity contribution in [3.8, 4) is 11.8 Å². The van der Waals surface area contributed by atoms with Gasteiger partial charge in [-0.2, -0.15) is 5.26 Å². The summed E-state index contributed by atoms with van der Waals surface area (Å²) in [6, 6.07) is 4.38. The first-order valence-corrected chi connectivity index (χ1v) is 5.83. The van der Waals surface area contributed by atoms with Crippen LogP contribution in [0.15, 0.2) is 12.1 Å². The van der Waals surface area contributed by atoms with Gasteiger partial charge in [-0.15, -0.1) is 0 Å². The Morgan fingerprint density at radius 1 is 1.24 bits per heavy atom. The third-order valence-corrected chi connectivity index (χ3v) is 2.58. The molecule has 0 fully saturated rings. The van der Waals surface area contributed by atoms with Gasteiger partial charge in [0.2, 0.25) is 0 Å². The molecular weight excluding hydrogens is 331 g/mol. The fourth-order valence-corrected chi connectivity index (χ4v) is 1.55. The van der Waals surface area contributed by atoms with E-state index in [1.165, 1.54) is 12.1 Å². The summed E-state index contributed by atoms with van der Waals surface area (Å²) in [5, 5.41) is 8.59. The zero-order chi connectivity index (χ0) is 13.2. The van der Waals surface area contributed by atoms with E-state index in [0.717, 1.165) is 0 Å². The highest BCUT2D eigenvalue weighted by Crippen LogP contribution is 2.36. The highest BCUT2D eigenvalue weighted by atomic mass is 35.6. The fraction of sp³-hybridized carbons (Fsp3) is 0.111. The number of hydrogen-bond donors (Lipinski definition) is 0. The molecule has 0 unspecified atom stereocenters. The second-order valence-corrected chi connectivity index (χ2v) is 5.86. The molecule has 90 valence electrons. The van der Waals surface area contributed by atoms with Gasteiger partial charge in [0.25, 0.3) is 3.79 Å². The average molecular weight is 333 g/mol. The van der Waals surface area contributed by atoms with Gasteiger partial charge < -0.3 is 4.74 Å². The Morgan fingerprint density at radius 3 is 2.06 bits per heavy atom. The minimum atomic E-state index is -2.24. The van der Waals surface area contributed by atoms with E-state index in [2.05, 4.69) is 0 Å². The van der Waals surface area contributed by atoms with Crippen molar-refractivity contribution >= 4 is 64.0 Å². The monoisotopic (exact) mass is 331 g/mol. The van der Waals surface area contributed by atoms with Gasteiger partial charge in [0.05, 0.1) is 21.7 Å². The summed E-state index contributed by atoms with van der Waals surface area (Å²) < 4.78 is 2.50. The van der Waals surface area contributed by atoms with E-state index in [-0.39, 0.29) is 21.4 Å². The molecule has 1 aromatic rings. The molecule has 0 radical (unpaired) electrons. The number of halogens is 5. The predicted octanol–water partition coefficient (Wildman–Crippen LogP) is 4.14. The Bertz CT molecular complexity index is 480. The molecule has 0 N–H and O–H groups in total. The smallest absolute Gasteiger partial charge is 0.364 e. The van der Waals surface area contributed by atoms with Crippen LogP contribution in [0.5, 0.6) is 5.75 Å². The Hall–Kier alpha value is -0.370. The lowest BCUT2D eigenvalue weighted by molar-refractivity contribution is -0.133. The number of esters is 1. The van der Waals surface area contributed by atoms with Gasteiger partial charge in [-0.25, -0.2) is 4.79 Å². The zero-order valence-corrected chi connectivity index (χ0v) is 11.6. The second-order valence-electron chi connectivity index (χ2n) is 2.77. The summed E-state index contributed by atoms with van der Waals surface area (Å²) in [5.41, 5.74) is 0.216. The van der Waals surface area contributed by atoms with Crippen molar-refractivity contribution in [2.45, 2.75) is 3.79 Å². The second kappa shape index (κ2) is 5.51. The number of rotatable bonds is 1. The van der Waals surface area contributed by atoms with E-state index in [9.17, 15) is 4.79 Å². The molecule has 0 atom stereocenters. The molecular formula is C9H2Cl5NO2. The van der Waals surface area contributed by atoms with E-state index in [4.69, 9.17) is 68.0 Å². The molecule has 0 heterocycles. The van der Waals surface area contributed by atoms with Crippen molar-refractivity contribution in [2.75, 3.05) is 0 Å². The van der Waals surface area contributed by atoms with Crippen LogP contribution in [-0.4, -0.2) is 9.76 Å². The number of ether oxygens (including phenoxy) is 1. The van der Waals surface area contributed by atoms with Gasteiger partial charge in [-0.1, -0.05) is 58.0 Å². The molecule has 1 rings (SSSR count). The van der Waals surface area contributed by atoms with Crippen LogP contribution in [0.1, 0.15) is 5.56 Å². The molecule has 3 nitrogen and oxygen atoms in total. The molecule has 17 heavy (non-hydrogen) atoms. The molecule has 0 spiro atoms. The molecule has 0 aliphatic heterocycles. The molecule has 0 aliphatic carbocycles. The standard InChI is InChI=1S/C9H2Cl5NO2/c10-5-1-4(3-15)2-6(11)7(5)17-8(16)9(12,13)14/h1-2H. The highest BCUT2D eigenvalue weighted by Gasteiger charge is 2.34. The number of carbonyl (C=O) groups is 1. The van der Waals surface area contributed by atoms with Gasteiger partial charge in [-0.05, 0) is 12.1 Å². The van der Waals surface area contributed by atoms with Crippen molar-refractivity contribution in [3.63, 3.8) is 0 Å². The summed E-state index contributed by atoms with van der Waals surface area (Å²) in [4.78, 5) is 11.3. The first-order valence-electron chi connectivity index (χ1n) is 3.94. The molecule has 0 saturated carbocycles. The van der Waals surface area contributed by atoms with E-state index >= 15 is 0 Å². The molecule has 0 bridgehead atoms. The third kappa shape index (κ3) is 3.80. The average Bonchev–Trinajstić information content (AvgIpc) is 2.21. The van der Waals surface area contributed by atoms with Crippen LogP contribution in [0.4, 0.5) is 0 Å². The number of carbonyl (C=O) groups excluding carboxylic acids is 1. The van der Waals surface area contributed by atoms with Crippen LogP contribution in [0.2, 0.25) is 10.0 Å². The minimum Gasteiger partial charge on any atom is -0.420 e. The van der Waals surface area contributed by atoms with Crippen molar-refractivity contribution in [2.24, 2.45) is 0 Å². The number of nitriles is 1. The quantitative estimate of drug-likeness (QED) is 0.441. The van der Waals surface area contributed by atoms with Crippen LogP contribution in [-0.2, 0) is 4.79 Å². The zero-order valence-electron chi connectivity index (χ0n) is 7.81. The fourth-order valence-electron chi connectivity index (χ4n) is 0.873. The Balaban J connectivity index is 3.10. The largest absolute Gasteiger partial charge is 0.420 e. The van der Waals surface area contributed by atoms with Crippen molar-refractivity contribution in [1.82, 2.24) is 0 Å². The Kier molecular flexibility index (Phi) is 4.77. The van der Waals surface area contributed by atoms with Gasteiger partial charge in [0.1, 0.15) is 0 Å². The summed E-state index contributed by atoms with van der Waals surface area (Å²) in [7, 11) is 0. The SMILES string of the molecule is N#Cc1cc(Cl)c(OC(=O)C(Cl)(Cl)Cl)c(Cl)c1. The molecule has 0 aliphatic rings. The highest BCUT2D eigenvalue weighted by molar-refractivity contribution is 6.75. The van der Waals surface area contributed by atoms with Crippen LogP contribution < -0.4 is 4.74 Å². The van der Waals surface area contributed by atoms with Crippen LogP contribution in [0, 0.1) is 11.3 Å². The maximum atomic E-state index is 11.3. The van der Waals surface area contributed by atoms with Gasteiger partial charge >= 0.3 is 5.97 Å². The number of alkyl halides is 3. The first-order chi connectivity index (χ1) is 7.75. The molecule has 0 aromatic heterocycles. The van der Waals surface area contributed by atoms with Crippen LogP contribution in [0.3, 0.4) is 0 Å². The Morgan fingerprint density at radius 2 is 1.71 bits per heavy atom. The van der Waals surface area contributed by atoms with E-state index in [0.29, 0.717) is 0 Å². The third-order valence-electron chi connectivity index (χ3n) is 1.55. The van der Waals surface area contributed by atoms with Crippen molar-refractivity contribution in [3.05, 3.63) is 27.7 Å². The summed E-state index contributed by atoms with van der Waals surface area (Å²) >= 11 is 27.5. The predicted molar refractivity (Wildman–Crippen MR) is 67.1 cm³/mol. The minimum absolute atomic E-state index is 0.0309.